The monoisotopic (exact) mass is 594 g/mol. The van der Waals surface area contributed by atoms with Gasteiger partial charge in [-0.3, -0.25) is 9.59 Å². The van der Waals surface area contributed by atoms with E-state index in [0.29, 0.717) is 42.3 Å². The molecule has 5 rings (SSSR count). The second-order valence-electron chi connectivity index (χ2n) is 10.9. The van der Waals surface area contributed by atoms with Crippen LogP contribution in [0, 0.1) is 5.92 Å². The van der Waals surface area contributed by atoms with E-state index >= 15 is 0 Å². The number of phenols is 1. The average molecular weight is 595 g/mol. The zero-order chi connectivity index (χ0) is 28.9. The number of allylic oxidation sites excluding steroid dienone is 1. The minimum atomic E-state index is -0.127. The van der Waals surface area contributed by atoms with Gasteiger partial charge >= 0.3 is 0 Å². The van der Waals surface area contributed by atoms with E-state index < -0.39 is 0 Å². The van der Waals surface area contributed by atoms with Crippen LogP contribution >= 0.6 is 21.6 Å². The van der Waals surface area contributed by atoms with Crippen LogP contribution in [-0.4, -0.2) is 52.6 Å². The number of fused-ring (bicyclic) bond motifs is 8. The highest BCUT2D eigenvalue weighted by atomic mass is 33.1. The van der Waals surface area contributed by atoms with Crippen molar-refractivity contribution in [3.05, 3.63) is 64.6 Å². The number of carbonyl (C=O) groups excluding carboxylic acids is 2. The van der Waals surface area contributed by atoms with Crippen LogP contribution in [0.4, 0.5) is 5.82 Å². The molecule has 8 nitrogen and oxygen atoms in total. The molecule has 218 valence electrons. The average Bonchev–Trinajstić information content (AvgIpc) is 3.40. The molecule has 2 aliphatic heterocycles. The number of methoxy groups -OCH3 is 1. The van der Waals surface area contributed by atoms with E-state index in [1.165, 1.54) is 7.11 Å². The normalized spacial score (nSPS) is 23.4. The summed E-state index contributed by atoms with van der Waals surface area (Å²) in [7, 11) is 5.14. The Morgan fingerprint density at radius 3 is 2.80 bits per heavy atom. The summed E-state index contributed by atoms with van der Waals surface area (Å²) < 4.78 is 5.40. The first-order valence-electron chi connectivity index (χ1n) is 14.2. The highest BCUT2D eigenvalue weighted by Gasteiger charge is 2.29. The van der Waals surface area contributed by atoms with Crippen LogP contribution in [0.2, 0.25) is 0 Å². The second kappa shape index (κ2) is 13.2. The number of phenolic OH excluding ortho intramolecular Hbond substituents is 1. The Kier molecular flexibility index (Phi) is 9.49. The molecule has 1 aromatic heterocycles. The Balaban J connectivity index is 1.59. The van der Waals surface area contributed by atoms with Gasteiger partial charge in [0.15, 0.2) is 17.3 Å². The molecule has 0 amide bonds. The van der Waals surface area contributed by atoms with Gasteiger partial charge in [0, 0.05) is 48.8 Å². The zero-order valence-corrected chi connectivity index (χ0v) is 25.2. The van der Waals surface area contributed by atoms with Crippen molar-refractivity contribution in [3.63, 3.8) is 0 Å². The van der Waals surface area contributed by atoms with E-state index in [2.05, 4.69) is 34.4 Å². The number of ether oxygens (including phenoxy) is 1. The number of Topliss-reactive ketones (excluding diaryl/α,β-unsaturated/α-hetero) is 2. The van der Waals surface area contributed by atoms with Gasteiger partial charge in [-0.25, -0.2) is 4.98 Å². The van der Waals surface area contributed by atoms with Gasteiger partial charge < -0.3 is 25.8 Å². The molecule has 3 atom stereocenters. The lowest BCUT2D eigenvalue weighted by atomic mass is 9.85. The van der Waals surface area contributed by atoms with E-state index in [1.54, 1.807) is 12.1 Å². The predicted octanol–water partition coefficient (Wildman–Crippen LogP) is 5.79. The highest BCUT2D eigenvalue weighted by Crippen LogP contribution is 2.46. The van der Waals surface area contributed by atoms with Crippen LogP contribution in [-0.2, 0) is 9.59 Å². The van der Waals surface area contributed by atoms with Crippen molar-refractivity contribution in [1.82, 2.24) is 15.2 Å². The fraction of sp³-hybridized carbons (Fsp3) is 0.452. The third kappa shape index (κ3) is 6.86. The quantitative estimate of drug-likeness (QED) is 0.296. The first-order chi connectivity index (χ1) is 19.9. The number of carbonyl (C=O) groups is 2. The van der Waals surface area contributed by atoms with Crippen molar-refractivity contribution in [2.24, 2.45) is 5.92 Å². The summed E-state index contributed by atoms with van der Waals surface area (Å²) in [5.74, 6) is 1.95. The standard InChI is InChI=1S/C31H38N4O4S2/c1-3-19-4-6-23(36)13-27(37)20-5-7-24(25-14-28(38)29(39-2)12-21(25)10-20)22-11-26(31(32)34-15-22)30(41-40-17-19)16-35-9-8-33-18-35/h8-12,14-15,19,24,30,33,38H,3-7,13,16-18H2,1-2H3,(H2,32,34)/t19-,24+,30+/m0/s1. The first kappa shape index (κ1) is 29.4. The molecule has 0 saturated heterocycles. The van der Waals surface area contributed by atoms with Crippen molar-refractivity contribution in [2.75, 3.05) is 31.8 Å². The molecular formula is C31H38N4O4S2. The molecule has 3 aliphatic rings. The summed E-state index contributed by atoms with van der Waals surface area (Å²) in [5.41, 5.74) is 10.8. The Hall–Kier alpha value is -3.11. The maximum atomic E-state index is 13.4. The number of nitrogens with zero attached hydrogens (tertiary/aromatic N) is 2. The van der Waals surface area contributed by atoms with Gasteiger partial charge in [0.05, 0.1) is 25.4 Å². The van der Waals surface area contributed by atoms with E-state index in [9.17, 15) is 14.7 Å². The number of aromatic nitrogens is 1. The molecule has 3 heterocycles. The van der Waals surface area contributed by atoms with Gasteiger partial charge in [-0.05, 0) is 71.7 Å². The zero-order valence-electron chi connectivity index (χ0n) is 23.6. The molecule has 1 aliphatic carbocycles. The topological polar surface area (TPSA) is 118 Å². The molecule has 4 bridgehead atoms. The minimum Gasteiger partial charge on any atom is -0.504 e. The predicted molar refractivity (Wildman–Crippen MR) is 167 cm³/mol. The molecule has 0 saturated carbocycles. The third-order valence-corrected chi connectivity index (χ3v) is 11.1. The fourth-order valence-corrected chi connectivity index (χ4v) is 8.88. The Labute approximate surface area is 249 Å². The maximum Gasteiger partial charge on any atom is 0.166 e. The molecule has 0 unspecified atom stereocenters. The molecule has 0 spiro atoms. The lowest BCUT2D eigenvalue weighted by molar-refractivity contribution is -0.125. The van der Waals surface area contributed by atoms with Gasteiger partial charge in [-0.1, -0.05) is 34.9 Å². The number of aromatic hydroxyl groups is 1. The minimum absolute atomic E-state index is 0.00421. The SMILES string of the molecule is CC[C@H]1CCC(=O)CC(=O)C2=Cc3cc(OC)c(O)cc3[C@H](CC2)c2cnc(N)c(c2)[C@@H](CN2C=CNC2)SSC1. The Morgan fingerprint density at radius 1 is 1.20 bits per heavy atom. The molecule has 41 heavy (non-hydrogen) atoms. The number of rotatable bonds is 4. The number of anilines is 1. The molecule has 0 radical (unpaired) electrons. The van der Waals surface area contributed by atoms with Crippen LogP contribution in [0.25, 0.3) is 6.08 Å². The molecular weight excluding hydrogens is 556 g/mol. The number of nitrogens with two attached hydrogens (primary N) is 1. The van der Waals surface area contributed by atoms with E-state index in [0.717, 1.165) is 54.1 Å². The molecule has 4 N–H and O–H groups in total. The van der Waals surface area contributed by atoms with E-state index in [-0.39, 0.29) is 34.9 Å². The van der Waals surface area contributed by atoms with Crippen LogP contribution in [0.5, 0.6) is 11.5 Å². The number of hydrogen-bond acceptors (Lipinski definition) is 10. The number of nitrogen functional groups attached to an aromatic ring is 1. The molecule has 0 fully saturated rings. The number of hydrogen-bond donors (Lipinski definition) is 3. The van der Waals surface area contributed by atoms with E-state index in [1.807, 2.05) is 40.1 Å². The highest BCUT2D eigenvalue weighted by molar-refractivity contribution is 8.76. The number of nitrogens with one attached hydrogen (secondary N) is 1. The summed E-state index contributed by atoms with van der Waals surface area (Å²) in [6.45, 7) is 3.67. The van der Waals surface area contributed by atoms with Crippen molar-refractivity contribution >= 4 is 45.0 Å². The van der Waals surface area contributed by atoms with Crippen LogP contribution < -0.4 is 15.8 Å². The number of benzene rings is 1. The lowest BCUT2D eigenvalue weighted by Gasteiger charge is -2.26. The van der Waals surface area contributed by atoms with Gasteiger partial charge in [0.2, 0.25) is 0 Å². The summed E-state index contributed by atoms with van der Waals surface area (Å²) >= 11 is 0. The fourth-order valence-electron chi connectivity index (χ4n) is 5.70. The lowest BCUT2D eigenvalue weighted by Crippen LogP contribution is -2.25. The van der Waals surface area contributed by atoms with Crippen LogP contribution in [0.1, 0.15) is 78.9 Å². The number of pyridine rings is 1. The third-order valence-electron chi connectivity index (χ3n) is 8.22. The largest absolute Gasteiger partial charge is 0.504 e. The van der Waals surface area contributed by atoms with Crippen LogP contribution in [0.15, 0.2) is 42.4 Å². The molecule has 10 heteroatoms. The summed E-state index contributed by atoms with van der Waals surface area (Å²) in [4.78, 5) is 33.2. The summed E-state index contributed by atoms with van der Waals surface area (Å²) in [6.07, 6.45) is 11.0. The molecule has 1 aromatic carbocycles. The van der Waals surface area contributed by atoms with Gasteiger partial charge in [-0.15, -0.1) is 0 Å². The Bertz CT molecular complexity index is 1360. The van der Waals surface area contributed by atoms with Crippen LogP contribution in [0.3, 0.4) is 0 Å². The van der Waals surface area contributed by atoms with Crippen molar-refractivity contribution in [2.45, 2.75) is 56.6 Å². The summed E-state index contributed by atoms with van der Waals surface area (Å²) in [6, 6.07) is 5.67. The van der Waals surface area contributed by atoms with Crippen molar-refractivity contribution < 1.29 is 19.4 Å². The van der Waals surface area contributed by atoms with Gasteiger partial charge in [0.25, 0.3) is 0 Å². The molecule has 2 aromatic rings. The van der Waals surface area contributed by atoms with Crippen molar-refractivity contribution in [1.29, 1.82) is 0 Å². The smallest absolute Gasteiger partial charge is 0.166 e. The maximum absolute atomic E-state index is 13.4. The van der Waals surface area contributed by atoms with Crippen molar-refractivity contribution in [3.8, 4) is 11.5 Å². The second-order valence-corrected chi connectivity index (χ2v) is 13.5. The van der Waals surface area contributed by atoms with Gasteiger partial charge in [-0.2, -0.15) is 0 Å². The number of ketones is 2. The summed E-state index contributed by atoms with van der Waals surface area (Å²) in [5, 5.41) is 14.0. The Morgan fingerprint density at radius 2 is 2.05 bits per heavy atom. The van der Waals surface area contributed by atoms with E-state index in [4.69, 9.17) is 10.5 Å². The first-order valence-corrected chi connectivity index (χ1v) is 16.6. The van der Waals surface area contributed by atoms with Gasteiger partial charge in [0.1, 0.15) is 11.6 Å².